The van der Waals surface area contributed by atoms with Crippen LogP contribution in [-0.2, 0) is 0 Å². The van der Waals surface area contributed by atoms with Crippen molar-refractivity contribution in [1.29, 1.82) is 0 Å². The number of hydrogen-bond donors (Lipinski definition) is 2. The van der Waals surface area contributed by atoms with E-state index < -0.39 is 0 Å². The molecule has 5 heteroatoms. The first-order chi connectivity index (χ1) is 9.72. The van der Waals surface area contributed by atoms with Gasteiger partial charge >= 0.3 is 0 Å². The molecule has 0 aliphatic heterocycles. The second-order valence-electron chi connectivity index (χ2n) is 5.05. The van der Waals surface area contributed by atoms with Gasteiger partial charge in [-0.3, -0.25) is 4.99 Å². The summed E-state index contributed by atoms with van der Waals surface area (Å²) in [5, 5.41) is 3.07. The molecule has 1 aromatic carbocycles. The van der Waals surface area contributed by atoms with E-state index in [0.29, 0.717) is 17.5 Å². The number of nitrogens with two attached hydrogens (primary N) is 1. The van der Waals surface area contributed by atoms with Crippen molar-refractivity contribution in [2.75, 3.05) is 26.1 Å². The fourth-order valence-electron chi connectivity index (χ4n) is 2.25. The largest absolute Gasteiger partial charge is 0.493 e. The maximum absolute atomic E-state index is 5.88. The second-order valence-corrected chi connectivity index (χ2v) is 5.05. The number of aliphatic imine (C=N–C) groups is 1. The van der Waals surface area contributed by atoms with Gasteiger partial charge in [-0.25, -0.2) is 0 Å². The number of benzene rings is 1. The molecule has 2 rings (SSSR count). The third kappa shape index (κ3) is 3.79. The molecule has 20 heavy (non-hydrogen) atoms. The molecule has 1 aliphatic carbocycles. The van der Waals surface area contributed by atoms with Crippen molar-refractivity contribution in [3.63, 3.8) is 0 Å². The third-order valence-corrected chi connectivity index (χ3v) is 3.70. The number of ether oxygens (including phenoxy) is 2. The van der Waals surface area contributed by atoms with E-state index in [1.54, 1.807) is 14.2 Å². The smallest absolute Gasteiger partial charge is 0.193 e. The van der Waals surface area contributed by atoms with Gasteiger partial charge in [-0.15, -0.1) is 0 Å². The van der Waals surface area contributed by atoms with Gasteiger partial charge in [-0.1, -0.05) is 19.3 Å². The lowest BCUT2D eigenvalue weighted by molar-refractivity contribution is 0.300. The first-order valence-electron chi connectivity index (χ1n) is 7.02. The summed E-state index contributed by atoms with van der Waals surface area (Å²) in [6, 6.07) is 5.56. The lowest BCUT2D eigenvalue weighted by Gasteiger charge is -2.24. The number of nitrogens with zero attached hydrogens (tertiary/aromatic N) is 1. The number of methoxy groups -OCH3 is 2. The Kier molecular flexibility index (Phi) is 5.09. The van der Waals surface area contributed by atoms with Crippen LogP contribution in [-0.4, -0.2) is 26.7 Å². The van der Waals surface area contributed by atoms with Crippen LogP contribution in [0.25, 0.3) is 0 Å². The molecule has 0 atom stereocenters. The highest BCUT2D eigenvalue weighted by molar-refractivity contribution is 5.92. The van der Waals surface area contributed by atoms with Gasteiger partial charge in [0.05, 0.1) is 14.2 Å². The van der Waals surface area contributed by atoms with Crippen molar-refractivity contribution in [3.8, 4) is 11.5 Å². The van der Waals surface area contributed by atoms with Gasteiger partial charge in [0.1, 0.15) is 0 Å². The second kappa shape index (κ2) is 7.03. The van der Waals surface area contributed by atoms with E-state index in [-0.39, 0.29) is 0 Å². The number of hydrogen-bond acceptors (Lipinski definition) is 3. The van der Waals surface area contributed by atoms with Crippen LogP contribution in [0.5, 0.6) is 11.5 Å². The molecule has 1 aliphatic rings. The summed E-state index contributed by atoms with van der Waals surface area (Å²) in [7, 11) is 3.22. The average Bonchev–Trinajstić information content (AvgIpc) is 2.41. The summed E-state index contributed by atoms with van der Waals surface area (Å²) in [6.07, 6.45) is 5.19. The van der Waals surface area contributed by atoms with Gasteiger partial charge in [0, 0.05) is 18.3 Å². The Balaban J connectivity index is 1.89. The Bertz CT molecular complexity index is 470. The molecule has 0 aromatic heterocycles. The Labute approximate surface area is 120 Å². The molecule has 0 saturated heterocycles. The molecular formula is C15H23N3O2. The van der Waals surface area contributed by atoms with E-state index >= 15 is 0 Å². The minimum Gasteiger partial charge on any atom is -0.493 e. The number of anilines is 1. The van der Waals surface area contributed by atoms with E-state index in [0.717, 1.165) is 24.6 Å². The standard InChI is InChI=1S/C15H23N3O2/c1-19-13-7-6-12(10-14(13)20-2)18-15(16)17-9-8-11-4-3-5-11/h6-7,10-11H,3-5,8-9H2,1-2H3,(H3,16,17,18). The van der Waals surface area contributed by atoms with Crippen molar-refractivity contribution < 1.29 is 9.47 Å². The van der Waals surface area contributed by atoms with E-state index in [1.165, 1.54) is 19.3 Å². The maximum atomic E-state index is 5.88. The molecule has 110 valence electrons. The highest BCUT2D eigenvalue weighted by Gasteiger charge is 2.16. The zero-order valence-electron chi connectivity index (χ0n) is 12.2. The SMILES string of the molecule is COc1ccc(NC(N)=NCCC2CCC2)cc1OC. The topological polar surface area (TPSA) is 68.9 Å². The molecule has 0 heterocycles. The molecular weight excluding hydrogens is 254 g/mol. The average molecular weight is 277 g/mol. The van der Waals surface area contributed by atoms with Crippen LogP contribution in [0, 0.1) is 5.92 Å². The van der Waals surface area contributed by atoms with Crippen LogP contribution in [0.4, 0.5) is 5.69 Å². The lowest BCUT2D eigenvalue weighted by Crippen LogP contribution is -2.23. The molecule has 1 saturated carbocycles. The normalized spacial score (nSPS) is 15.6. The molecule has 1 aromatic rings. The molecule has 0 radical (unpaired) electrons. The van der Waals surface area contributed by atoms with Crippen molar-refractivity contribution in [2.24, 2.45) is 16.6 Å². The monoisotopic (exact) mass is 277 g/mol. The highest BCUT2D eigenvalue weighted by Crippen LogP contribution is 2.30. The number of guanidine groups is 1. The van der Waals surface area contributed by atoms with E-state index in [4.69, 9.17) is 15.2 Å². The van der Waals surface area contributed by atoms with Crippen LogP contribution >= 0.6 is 0 Å². The van der Waals surface area contributed by atoms with Crippen molar-refractivity contribution in [3.05, 3.63) is 18.2 Å². The fraction of sp³-hybridized carbons (Fsp3) is 0.533. The molecule has 0 unspecified atom stereocenters. The van der Waals surface area contributed by atoms with Crippen LogP contribution in [0.2, 0.25) is 0 Å². The summed E-state index contributed by atoms with van der Waals surface area (Å²) in [5.74, 6) is 2.66. The van der Waals surface area contributed by atoms with Crippen molar-refractivity contribution in [1.82, 2.24) is 0 Å². The van der Waals surface area contributed by atoms with Crippen LogP contribution < -0.4 is 20.5 Å². The highest BCUT2D eigenvalue weighted by atomic mass is 16.5. The van der Waals surface area contributed by atoms with Crippen LogP contribution in [0.1, 0.15) is 25.7 Å². The van der Waals surface area contributed by atoms with Crippen molar-refractivity contribution in [2.45, 2.75) is 25.7 Å². The summed E-state index contributed by atoms with van der Waals surface area (Å²) in [5.41, 5.74) is 6.72. The van der Waals surface area contributed by atoms with Gasteiger partial charge < -0.3 is 20.5 Å². The fourth-order valence-corrected chi connectivity index (χ4v) is 2.25. The zero-order chi connectivity index (χ0) is 14.4. The van der Waals surface area contributed by atoms with Crippen molar-refractivity contribution >= 4 is 11.6 Å². The minimum atomic E-state index is 0.441. The third-order valence-electron chi connectivity index (χ3n) is 3.70. The quantitative estimate of drug-likeness (QED) is 0.619. The van der Waals surface area contributed by atoms with Gasteiger partial charge in [-0.05, 0) is 24.5 Å². The van der Waals surface area contributed by atoms with Crippen LogP contribution in [0.3, 0.4) is 0 Å². The molecule has 5 nitrogen and oxygen atoms in total. The molecule has 1 fully saturated rings. The van der Waals surface area contributed by atoms with E-state index in [9.17, 15) is 0 Å². The molecule has 3 N–H and O–H groups in total. The summed E-state index contributed by atoms with van der Waals surface area (Å²) >= 11 is 0. The zero-order valence-corrected chi connectivity index (χ0v) is 12.2. The first kappa shape index (κ1) is 14.5. The Hall–Kier alpha value is -1.91. The van der Waals surface area contributed by atoms with Crippen LogP contribution in [0.15, 0.2) is 23.2 Å². The summed E-state index contributed by atoms with van der Waals surface area (Å²) in [6.45, 7) is 0.788. The number of nitrogens with one attached hydrogen (secondary N) is 1. The predicted molar refractivity (Wildman–Crippen MR) is 81.6 cm³/mol. The first-order valence-corrected chi connectivity index (χ1v) is 7.02. The van der Waals surface area contributed by atoms with E-state index in [2.05, 4.69) is 10.3 Å². The summed E-state index contributed by atoms with van der Waals surface area (Å²) < 4.78 is 10.4. The number of rotatable bonds is 6. The summed E-state index contributed by atoms with van der Waals surface area (Å²) in [4.78, 5) is 4.35. The van der Waals surface area contributed by atoms with Gasteiger partial charge in [0.25, 0.3) is 0 Å². The Morgan fingerprint density at radius 3 is 2.65 bits per heavy atom. The van der Waals surface area contributed by atoms with Gasteiger partial charge in [-0.2, -0.15) is 0 Å². The molecule has 0 amide bonds. The van der Waals surface area contributed by atoms with E-state index in [1.807, 2.05) is 18.2 Å². The minimum absolute atomic E-state index is 0.441. The molecule has 0 spiro atoms. The molecule has 0 bridgehead atoms. The van der Waals surface area contributed by atoms with Gasteiger partial charge in [0.2, 0.25) is 0 Å². The Morgan fingerprint density at radius 1 is 1.30 bits per heavy atom. The Morgan fingerprint density at radius 2 is 2.05 bits per heavy atom. The van der Waals surface area contributed by atoms with Gasteiger partial charge in [0.15, 0.2) is 17.5 Å². The predicted octanol–water partition coefficient (Wildman–Crippen LogP) is 2.62. The maximum Gasteiger partial charge on any atom is 0.193 e. The lowest BCUT2D eigenvalue weighted by atomic mass is 9.83.